The third-order valence-corrected chi connectivity index (χ3v) is 31.2. The van der Waals surface area contributed by atoms with E-state index in [1.54, 1.807) is 33.1 Å². The van der Waals surface area contributed by atoms with Crippen LogP contribution in [0.15, 0.2) is 86.1 Å². The maximum absolute atomic E-state index is 6.39. The lowest BCUT2D eigenvalue weighted by Crippen LogP contribution is -2.40. The molecule has 9 aromatic heterocycles. The summed E-state index contributed by atoms with van der Waals surface area (Å²) in [4.78, 5) is 32.2. The summed E-state index contributed by atoms with van der Waals surface area (Å²) in [5.74, 6) is 3.39. The first kappa shape index (κ1) is 69.8. The molecule has 9 heterocycles. The molecule has 0 saturated heterocycles. The number of tetrazole rings is 3. The van der Waals surface area contributed by atoms with Gasteiger partial charge < -0.3 is 27.5 Å². The largest absolute Gasteiger partial charge is 0.411 e. The first-order valence-corrected chi connectivity index (χ1v) is 39.9. The highest BCUT2D eigenvalue weighted by Crippen LogP contribution is 2.39. The van der Waals surface area contributed by atoms with E-state index >= 15 is 0 Å². The zero-order valence-electron chi connectivity index (χ0n) is 54.8. The number of rotatable bonds is 21. The number of pyridine rings is 3. The molecule has 33 heteroatoms. The first-order chi connectivity index (χ1) is 41.9. The van der Waals surface area contributed by atoms with Crippen molar-refractivity contribution < 1.29 is 27.5 Å². The van der Waals surface area contributed by atoms with Gasteiger partial charge >= 0.3 is 0 Å². The highest BCUT2D eigenvalue weighted by atomic mass is 32.1. The Labute approximate surface area is 534 Å². The standard InChI is InChI=1S/2C19H29N7O2SSi.C18H27N7O2SSi/c1-19(2,3)30(6,7)28-12-15-10-14(17-22-23-24-25(17)4)11-16(20-15)21-18-26(13-27-5)8-9-29-18;1-19(2,3)30(6,7)28-12-15-10-14(17-22-24-25(4)23-17)11-16(20-15)21-18-26(13-27-5)8-9-29-18;1-18(2,3)29(5,6)27-11-14-9-13(16-21-23-24-22-16)10-15(19-14)20-17-25(12-26-4)7-8-28-17/h2*8-11H,12-13H2,1-7H3;7-10H,11-12H2,1-6H3,(H,21,22,23,24). The summed E-state index contributed by atoms with van der Waals surface area (Å²) in [6, 6.07) is 11.4. The van der Waals surface area contributed by atoms with Crippen LogP contribution in [-0.4, -0.2) is 136 Å². The van der Waals surface area contributed by atoms with Crippen molar-refractivity contribution in [2.24, 2.45) is 29.1 Å². The molecule has 0 aliphatic carbocycles. The van der Waals surface area contributed by atoms with Gasteiger partial charge in [0.25, 0.3) is 0 Å². The summed E-state index contributed by atoms with van der Waals surface area (Å²) in [7, 11) is 2.77. The number of nitrogens with one attached hydrogen (secondary N) is 1. The summed E-state index contributed by atoms with van der Waals surface area (Å²) >= 11 is 4.56. The summed E-state index contributed by atoms with van der Waals surface area (Å²) in [6.45, 7) is 35.9. The number of ether oxygens (including phenoxy) is 3. The second-order valence-corrected chi connectivity index (χ2v) is 42.3. The average molecular weight is 1330 g/mol. The Morgan fingerprint density at radius 2 is 0.876 bits per heavy atom. The lowest BCUT2D eigenvalue weighted by molar-refractivity contribution is 0.129. The molecule has 0 unspecified atom stereocenters. The van der Waals surface area contributed by atoms with E-state index in [-0.39, 0.29) is 15.1 Å². The number of nitrogens with zero attached hydrogens (tertiary/aromatic N) is 20. The van der Waals surface area contributed by atoms with Crippen molar-refractivity contribution in [1.82, 2.24) is 89.7 Å². The van der Waals surface area contributed by atoms with Crippen molar-refractivity contribution in [3.63, 3.8) is 0 Å². The first-order valence-electron chi connectivity index (χ1n) is 28.6. The van der Waals surface area contributed by atoms with Gasteiger partial charge in [-0.3, -0.25) is 13.7 Å². The van der Waals surface area contributed by atoms with Crippen molar-refractivity contribution >= 4 is 76.4 Å². The molecule has 0 bridgehead atoms. The van der Waals surface area contributed by atoms with Crippen LogP contribution in [0, 0.1) is 0 Å². The number of H-pyrrole nitrogens is 1. The molecule has 0 radical (unpaired) electrons. The smallest absolute Gasteiger partial charge is 0.205 e. The van der Waals surface area contributed by atoms with E-state index in [0.29, 0.717) is 74.9 Å². The molecule has 0 aromatic carbocycles. The van der Waals surface area contributed by atoms with E-state index in [0.717, 1.165) is 48.2 Å². The Morgan fingerprint density at radius 3 is 1.20 bits per heavy atom. The minimum atomic E-state index is -1.92. The number of hydrogen-bond donors (Lipinski definition) is 1. The van der Waals surface area contributed by atoms with Crippen LogP contribution in [0.3, 0.4) is 0 Å². The zero-order chi connectivity index (χ0) is 65.0. The molecule has 0 fully saturated rings. The van der Waals surface area contributed by atoms with Gasteiger partial charge in [-0.15, -0.1) is 59.5 Å². The fraction of sp³-hybridized carbons (Fsp3) is 0.518. The van der Waals surface area contributed by atoms with Gasteiger partial charge in [0.05, 0.1) is 44.0 Å². The maximum Gasteiger partial charge on any atom is 0.205 e. The highest BCUT2D eigenvalue weighted by Gasteiger charge is 2.39. The fourth-order valence-electron chi connectivity index (χ4n) is 7.23. The van der Waals surface area contributed by atoms with Crippen LogP contribution in [0.1, 0.15) is 79.4 Å². The predicted octanol–water partition coefficient (Wildman–Crippen LogP) is 10.5. The van der Waals surface area contributed by atoms with Crippen molar-refractivity contribution in [2.75, 3.05) is 21.3 Å². The Kier molecular flexibility index (Phi) is 23.5. The van der Waals surface area contributed by atoms with E-state index in [9.17, 15) is 0 Å². The van der Waals surface area contributed by atoms with Crippen LogP contribution in [0.5, 0.6) is 0 Å². The lowest BCUT2D eigenvalue weighted by atomic mass is 10.2. The predicted molar refractivity (Wildman–Crippen MR) is 351 cm³/mol. The van der Waals surface area contributed by atoms with Gasteiger partial charge in [0.15, 0.2) is 62.6 Å². The molecule has 0 aliphatic rings. The average Bonchev–Trinajstić information content (AvgIpc) is 2.07. The number of methoxy groups -OCH3 is 3. The SMILES string of the molecule is COCn1ccsc1=Nc1cc(-c2nn[nH]n2)cc(CO[Si](C)(C)C(C)(C)C)n1.COCn1ccsc1=Nc1cc(-c2nnn(C)n2)cc(CO[Si](C)(C)C(C)(C)C)n1.COCn1ccsc1=Nc1cc(-c2nnnn2C)cc(CO[Si](C)(C)C(C)(C)C)n1. The van der Waals surface area contributed by atoms with Gasteiger partial charge in [0.1, 0.15) is 20.2 Å². The van der Waals surface area contributed by atoms with Crippen molar-refractivity contribution in [2.45, 2.75) is 157 Å². The van der Waals surface area contributed by atoms with Crippen LogP contribution in [-0.2, 0) is 81.6 Å². The molecule has 0 saturated carbocycles. The molecular weight excluding hydrogens is 1240 g/mol. The highest BCUT2D eigenvalue weighted by molar-refractivity contribution is 7.07. The molecule has 9 rings (SSSR count). The van der Waals surface area contributed by atoms with Crippen LogP contribution < -0.4 is 14.4 Å². The van der Waals surface area contributed by atoms with Gasteiger partial charge in [-0.2, -0.15) is 10.0 Å². The Morgan fingerprint density at radius 1 is 0.494 bits per heavy atom. The second kappa shape index (κ2) is 30.0. The molecule has 27 nitrogen and oxygen atoms in total. The molecule has 9 aromatic rings. The molecule has 0 amide bonds. The molecule has 89 heavy (non-hydrogen) atoms. The van der Waals surface area contributed by atoms with Gasteiger partial charge in [0, 0.05) is 79.8 Å². The summed E-state index contributed by atoms with van der Waals surface area (Å²) < 4.78 is 42.2. The van der Waals surface area contributed by atoms with Crippen LogP contribution in [0.25, 0.3) is 34.2 Å². The minimum absolute atomic E-state index is 0.118. The van der Waals surface area contributed by atoms with Crippen molar-refractivity contribution in [3.05, 3.63) is 103 Å². The van der Waals surface area contributed by atoms with E-state index in [1.165, 1.54) is 38.8 Å². The zero-order valence-corrected chi connectivity index (χ0v) is 60.2. The fourth-order valence-corrected chi connectivity index (χ4v) is 12.2. The minimum Gasteiger partial charge on any atom is -0.411 e. The molecule has 0 aliphatic heterocycles. The van der Waals surface area contributed by atoms with Gasteiger partial charge in [-0.25, -0.2) is 34.6 Å². The summed E-state index contributed by atoms with van der Waals surface area (Å²) in [5.41, 5.74) is 4.81. The van der Waals surface area contributed by atoms with Gasteiger partial charge in [0.2, 0.25) is 11.6 Å². The number of aromatic amines is 1. The van der Waals surface area contributed by atoms with Crippen molar-refractivity contribution in [1.29, 1.82) is 0 Å². The number of hydrogen-bond acceptors (Lipinski definition) is 24. The Hall–Kier alpha value is -6.64. The molecule has 0 atom stereocenters. The van der Waals surface area contributed by atoms with E-state index in [2.05, 4.69) is 153 Å². The van der Waals surface area contributed by atoms with Gasteiger partial charge in [-0.05, 0) is 112 Å². The maximum atomic E-state index is 6.39. The van der Waals surface area contributed by atoms with Crippen LogP contribution in [0.2, 0.25) is 54.4 Å². The Balaban J connectivity index is 0.000000190. The topological polar surface area (TPSA) is 288 Å². The molecule has 1 N–H and O–H groups in total. The van der Waals surface area contributed by atoms with E-state index in [1.807, 2.05) is 91.9 Å². The monoisotopic (exact) mass is 1330 g/mol. The van der Waals surface area contributed by atoms with Crippen LogP contribution in [0.4, 0.5) is 17.5 Å². The Bertz CT molecular complexity index is 3940. The van der Waals surface area contributed by atoms with Crippen LogP contribution >= 0.6 is 34.0 Å². The number of aryl methyl sites for hydroxylation is 2. The normalized spacial score (nSPS) is 13.2. The third kappa shape index (κ3) is 19.2. The molecular formula is C56H85N21O6S3Si3. The van der Waals surface area contributed by atoms with Crippen molar-refractivity contribution in [3.8, 4) is 34.2 Å². The number of aromatic nitrogens is 18. The van der Waals surface area contributed by atoms with E-state index < -0.39 is 25.0 Å². The summed E-state index contributed by atoms with van der Waals surface area (Å²) in [5, 5.41) is 44.8. The van der Waals surface area contributed by atoms with Gasteiger partial charge in [-0.1, -0.05) is 62.3 Å². The third-order valence-electron chi connectivity index (χ3n) is 15.4. The summed E-state index contributed by atoms with van der Waals surface area (Å²) in [6.07, 6.45) is 5.80. The second-order valence-electron chi connectivity index (χ2n) is 25.3. The lowest BCUT2D eigenvalue weighted by Gasteiger charge is -2.36. The molecule has 0 spiro atoms. The quantitative estimate of drug-likeness (QED) is 0.0654. The van der Waals surface area contributed by atoms with E-state index in [4.69, 9.17) is 57.4 Å². The number of thiazole rings is 3. The molecule has 480 valence electrons.